The number of ether oxygens (including phenoxy) is 1. The first-order chi connectivity index (χ1) is 12.7. The van der Waals surface area contributed by atoms with Gasteiger partial charge in [-0.05, 0) is 32.6 Å². The van der Waals surface area contributed by atoms with Gasteiger partial charge in [-0.15, -0.1) is 0 Å². The zero-order valence-corrected chi connectivity index (χ0v) is 17.5. The molecule has 0 saturated carbocycles. The molecular weight excluding hydrogens is 324 g/mol. The van der Waals surface area contributed by atoms with E-state index in [0.29, 0.717) is 6.61 Å². The van der Waals surface area contributed by atoms with E-state index in [4.69, 9.17) is 4.74 Å². The highest BCUT2D eigenvalue weighted by atomic mass is 16.5. The summed E-state index contributed by atoms with van der Waals surface area (Å²) >= 11 is 0. The number of esters is 1. The molecule has 0 aliphatic heterocycles. The predicted molar refractivity (Wildman–Crippen MR) is 111 cm³/mol. The zero-order chi connectivity index (χ0) is 19.3. The molecule has 0 unspecified atom stereocenters. The molecule has 0 aromatic carbocycles. The van der Waals surface area contributed by atoms with Gasteiger partial charge in [0.05, 0.1) is 12.7 Å². The predicted octanol–water partition coefficient (Wildman–Crippen LogP) is 6.73. The van der Waals surface area contributed by atoms with Crippen LogP contribution in [0.4, 0.5) is 0 Å². The Kier molecular flexibility index (Phi) is 19.8. The van der Waals surface area contributed by atoms with E-state index in [1.807, 2.05) is 13.0 Å². The minimum Gasteiger partial charge on any atom is -0.463 e. The number of aliphatic hydroxyl groups excluding tert-OH is 1. The van der Waals surface area contributed by atoms with Crippen LogP contribution < -0.4 is 0 Å². The van der Waals surface area contributed by atoms with Crippen molar-refractivity contribution < 1.29 is 14.6 Å². The monoisotopic (exact) mass is 368 g/mol. The van der Waals surface area contributed by atoms with Crippen molar-refractivity contribution in [1.82, 2.24) is 0 Å². The summed E-state index contributed by atoms with van der Waals surface area (Å²) in [4.78, 5) is 11.1. The smallest absolute Gasteiger partial charge is 0.330 e. The number of aliphatic hydroxyl groups is 1. The van der Waals surface area contributed by atoms with Crippen LogP contribution in [0.2, 0.25) is 0 Å². The maximum Gasteiger partial charge on any atom is 0.330 e. The van der Waals surface area contributed by atoms with Gasteiger partial charge >= 0.3 is 5.97 Å². The number of hydrogen-bond donors (Lipinski definition) is 1. The fourth-order valence-corrected chi connectivity index (χ4v) is 3.19. The Morgan fingerprint density at radius 1 is 0.808 bits per heavy atom. The first-order valence-corrected chi connectivity index (χ1v) is 11.2. The normalized spacial score (nSPS) is 12.6. The van der Waals surface area contributed by atoms with Crippen LogP contribution in [-0.2, 0) is 9.53 Å². The molecule has 0 aliphatic rings. The van der Waals surface area contributed by atoms with Crippen LogP contribution in [0.25, 0.3) is 0 Å². The second-order valence-corrected chi connectivity index (χ2v) is 7.42. The minimum absolute atomic E-state index is 0.0596. The van der Waals surface area contributed by atoms with Crippen LogP contribution in [0.3, 0.4) is 0 Å². The van der Waals surface area contributed by atoms with E-state index in [0.717, 1.165) is 25.7 Å². The molecule has 26 heavy (non-hydrogen) atoms. The number of carbonyl (C=O) groups is 1. The van der Waals surface area contributed by atoms with Gasteiger partial charge in [-0.1, -0.05) is 90.0 Å². The summed E-state index contributed by atoms with van der Waals surface area (Å²) in [5.41, 5.74) is 0. The van der Waals surface area contributed by atoms with Gasteiger partial charge in [-0.3, -0.25) is 0 Å². The highest BCUT2D eigenvalue weighted by molar-refractivity contribution is 5.81. The summed E-state index contributed by atoms with van der Waals surface area (Å²) < 4.78 is 4.84. The van der Waals surface area contributed by atoms with Gasteiger partial charge in [-0.2, -0.15) is 0 Å². The van der Waals surface area contributed by atoms with Crippen molar-refractivity contribution in [1.29, 1.82) is 0 Å². The number of rotatable bonds is 19. The largest absolute Gasteiger partial charge is 0.463 e. The average molecular weight is 369 g/mol. The first kappa shape index (κ1) is 25.2. The summed E-state index contributed by atoms with van der Waals surface area (Å²) in [6, 6.07) is 0. The minimum atomic E-state index is -0.222. The number of hydrogen-bond acceptors (Lipinski definition) is 3. The Bertz CT molecular complexity index is 325. The van der Waals surface area contributed by atoms with Gasteiger partial charge in [0.1, 0.15) is 0 Å². The molecule has 0 spiro atoms. The maximum absolute atomic E-state index is 11.1. The van der Waals surface area contributed by atoms with Crippen LogP contribution in [0, 0.1) is 0 Å². The fraction of sp³-hybridized carbons (Fsp3) is 0.870. The molecular formula is C23H44O3. The number of unbranched alkanes of at least 4 members (excludes halogenated alkanes) is 12. The molecule has 0 aromatic heterocycles. The topological polar surface area (TPSA) is 46.5 Å². The zero-order valence-electron chi connectivity index (χ0n) is 17.5. The molecule has 0 fully saturated rings. The molecule has 1 atom stereocenters. The lowest BCUT2D eigenvalue weighted by atomic mass is 10.0. The van der Waals surface area contributed by atoms with Gasteiger partial charge in [0.25, 0.3) is 0 Å². The van der Waals surface area contributed by atoms with E-state index < -0.39 is 0 Å². The summed E-state index contributed by atoms with van der Waals surface area (Å²) in [7, 11) is 0. The van der Waals surface area contributed by atoms with E-state index in [-0.39, 0.29) is 12.1 Å². The molecule has 3 nitrogen and oxygen atoms in total. The summed E-state index contributed by atoms with van der Waals surface area (Å²) in [5, 5.41) is 9.79. The third kappa shape index (κ3) is 19.5. The fourth-order valence-electron chi connectivity index (χ4n) is 3.19. The van der Waals surface area contributed by atoms with Crippen molar-refractivity contribution in [3.8, 4) is 0 Å². The standard InChI is InChI=1S/C23H44O3/c1-3-5-19-22(24)20-17-15-13-11-9-7-6-8-10-12-14-16-18-21-23(25)26-4-2/h18,21-22,24H,3-17,19-20H2,1-2H3/t22-/m1/s1. The van der Waals surface area contributed by atoms with Crippen LogP contribution in [0.5, 0.6) is 0 Å². The molecule has 0 bridgehead atoms. The second-order valence-electron chi connectivity index (χ2n) is 7.42. The molecule has 0 rings (SSSR count). The molecule has 0 saturated heterocycles. The third-order valence-corrected chi connectivity index (χ3v) is 4.84. The maximum atomic E-state index is 11.1. The van der Waals surface area contributed by atoms with Crippen molar-refractivity contribution in [2.45, 2.75) is 123 Å². The Morgan fingerprint density at radius 2 is 1.31 bits per heavy atom. The number of carbonyl (C=O) groups excluding carboxylic acids is 1. The van der Waals surface area contributed by atoms with Gasteiger partial charge in [0, 0.05) is 6.08 Å². The van der Waals surface area contributed by atoms with Crippen LogP contribution in [0.1, 0.15) is 117 Å². The highest BCUT2D eigenvalue weighted by Gasteiger charge is 2.02. The SMILES string of the molecule is CCCC[C@@H](O)CCCCCCCCCCCCCC=CC(=O)OCC. The van der Waals surface area contributed by atoms with E-state index in [9.17, 15) is 9.90 Å². The van der Waals surface area contributed by atoms with Crippen LogP contribution in [-0.4, -0.2) is 23.8 Å². The van der Waals surface area contributed by atoms with Gasteiger partial charge in [0.2, 0.25) is 0 Å². The Morgan fingerprint density at radius 3 is 1.85 bits per heavy atom. The Labute approximate surface area is 162 Å². The Balaban J connectivity index is 3.17. The summed E-state index contributed by atoms with van der Waals surface area (Å²) in [6.07, 6.45) is 23.0. The van der Waals surface area contributed by atoms with Gasteiger partial charge < -0.3 is 9.84 Å². The lowest BCUT2D eigenvalue weighted by Gasteiger charge is -2.09. The van der Waals surface area contributed by atoms with Gasteiger partial charge in [-0.25, -0.2) is 4.79 Å². The van der Waals surface area contributed by atoms with Crippen molar-refractivity contribution in [3.63, 3.8) is 0 Å². The quantitative estimate of drug-likeness (QED) is 0.156. The molecule has 3 heteroatoms. The van der Waals surface area contributed by atoms with Crippen LogP contribution in [0.15, 0.2) is 12.2 Å². The van der Waals surface area contributed by atoms with E-state index in [1.165, 1.54) is 77.0 Å². The average Bonchev–Trinajstić information content (AvgIpc) is 2.63. The highest BCUT2D eigenvalue weighted by Crippen LogP contribution is 2.14. The molecule has 0 heterocycles. The lowest BCUT2D eigenvalue weighted by Crippen LogP contribution is -2.05. The summed E-state index contributed by atoms with van der Waals surface area (Å²) in [5.74, 6) is -0.222. The number of allylic oxidation sites excluding steroid dienone is 1. The summed E-state index contributed by atoms with van der Waals surface area (Å²) in [6.45, 7) is 4.46. The van der Waals surface area contributed by atoms with Crippen molar-refractivity contribution in [2.24, 2.45) is 0 Å². The second kappa shape index (κ2) is 20.5. The molecule has 0 aromatic rings. The lowest BCUT2D eigenvalue weighted by molar-refractivity contribution is -0.137. The first-order valence-electron chi connectivity index (χ1n) is 11.2. The van der Waals surface area contributed by atoms with Crippen molar-refractivity contribution >= 4 is 5.97 Å². The van der Waals surface area contributed by atoms with Crippen molar-refractivity contribution in [2.75, 3.05) is 6.61 Å². The van der Waals surface area contributed by atoms with E-state index in [1.54, 1.807) is 6.08 Å². The van der Waals surface area contributed by atoms with E-state index in [2.05, 4.69) is 6.92 Å². The third-order valence-electron chi connectivity index (χ3n) is 4.84. The van der Waals surface area contributed by atoms with Crippen LogP contribution >= 0.6 is 0 Å². The van der Waals surface area contributed by atoms with E-state index >= 15 is 0 Å². The molecule has 0 radical (unpaired) electrons. The molecule has 1 N–H and O–H groups in total. The molecule has 154 valence electrons. The van der Waals surface area contributed by atoms with Gasteiger partial charge in [0.15, 0.2) is 0 Å². The molecule has 0 aliphatic carbocycles. The molecule has 0 amide bonds. The Hall–Kier alpha value is -0.830. The van der Waals surface area contributed by atoms with Crippen molar-refractivity contribution in [3.05, 3.63) is 12.2 Å².